The molecule has 0 amide bonds. The highest BCUT2D eigenvalue weighted by Crippen LogP contribution is 2.32. The number of hydrogen-bond donors (Lipinski definition) is 2. The number of benzene rings is 1. The average Bonchev–Trinajstić information content (AvgIpc) is 2.52. The van der Waals surface area contributed by atoms with E-state index < -0.39 is 0 Å². The summed E-state index contributed by atoms with van der Waals surface area (Å²) in [7, 11) is 0. The van der Waals surface area contributed by atoms with E-state index in [4.69, 9.17) is 10.5 Å². The van der Waals surface area contributed by atoms with Crippen LogP contribution in [0.4, 0.5) is 0 Å². The zero-order valence-electron chi connectivity index (χ0n) is 13.5. The minimum atomic E-state index is 0.249. The first-order valence-corrected chi connectivity index (χ1v) is 8.04. The molecule has 1 aromatic carbocycles. The number of fused-ring (bicyclic) bond motifs is 1. The Morgan fingerprint density at radius 1 is 1.45 bits per heavy atom. The van der Waals surface area contributed by atoms with Crippen LogP contribution in [0.3, 0.4) is 0 Å². The second kappa shape index (κ2) is 8.59. The molecule has 1 aliphatic rings. The van der Waals surface area contributed by atoms with Gasteiger partial charge in [0.25, 0.3) is 0 Å². The van der Waals surface area contributed by atoms with Crippen LogP contribution in [0.15, 0.2) is 41.4 Å². The fourth-order valence-corrected chi connectivity index (χ4v) is 2.67. The molecule has 0 fully saturated rings. The molecule has 1 unspecified atom stereocenters. The molecule has 120 valence electrons. The first-order chi connectivity index (χ1) is 10.7. The molecule has 0 bridgehead atoms. The average molecular weight is 301 g/mol. The molecule has 1 aliphatic carbocycles. The summed E-state index contributed by atoms with van der Waals surface area (Å²) in [5.74, 6) is 0.478. The first-order valence-electron chi connectivity index (χ1n) is 8.04. The van der Waals surface area contributed by atoms with Crippen LogP contribution < -0.4 is 11.1 Å². The number of rotatable bonds is 7. The van der Waals surface area contributed by atoms with Crippen molar-refractivity contribution in [2.45, 2.75) is 38.7 Å². The van der Waals surface area contributed by atoms with Crippen LogP contribution in [0.2, 0.25) is 0 Å². The summed E-state index contributed by atoms with van der Waals surface area (Å²) in [5, 5.41) is 3.10. The van der Waals surface area contributed by atoms with E-state index in [1.54, 1.807) is 0 Å². The molecular formula is C18H27N3O. The Balaban J connectivity index is 1.68. The Labute approximate surface area is 133 Å². The molecule has 0 radical (unpaired) electrons. The lowest BCUT2D eigenvalue weighted by molar-refractivity contribution is 0.0398. The second-order valence-electron chi connectivity index (χ2n) is 5.89. The van der Waals surface area contributed by atoms with Gasteiger partial charge in [0, 0.05) is 13.2 Å². The Hall–Kier alpha value is -1.81. The third-order valence-electron chi connectivity index (χ3n) is 3.78. The fraction of sp³-hybridized carbons (Fsp3) is 0.500. The number of nitrogens with one attached hydrogen (secondary N) is 1. The van der Waals surface area contributed by atoms with E-state index in [1.807, 2.05) is 6.92 Å². The SMILES string of the molecule is C=C(C)CN=C(N)NCCCOC1CCCc2ccccc21. The minimum absolute atomic E-state index is 0.249. The van der Waals surface area contributed by atoms with Crippen molar-refractivity contribution in [2.24, 2.45) is 10.7 Å². The fourth-order valence-electron chi connectivity index (χ4n) is 2.67. The van der Waals surface area contributed by atoms with Gasteiger partial charge in [-0.3, -0.25) is 0 Å². The molecule has 0 spiro atoms. The zero-order valence-corrected chi connectivity index (χ0v) is 13.5. The van der Waals surface area contributed by atoms with Gasteiger partial charge in [0.15, 0.2) is 5.96 Å². The van der Waals surface area contributed by atoms with E-state index in [-0.39, 0.29) is 6.10 Å². The quantitative estimate of drug-likeness (QED) is 0.352. The molecule has 4 heteroatoms. The van der Waals surface area contributed by atoms with Crippen LogP contribution in [0.1, 0.15) is 43.4 Å². The van der Waals surface area contributed by atoms with E-state index >= 15 is 0 Å². The summed E-state index contributed by atoms with van der Waals surface area (Å²) in [4.78, 5) is 4.18. The van der Waals surface area contributed by atoms with Gasteiger partial charge in [0.2, 0.25) is 0 Å². The molecule has 0 saturated heterocycles. The van der Waals surface area contributed by atoms with E-state index in [0.29, 0.717) is 12.5 Å². The lowest BCUT2D eigenvalue weighted by atomic mass is 9.89. The van der Waals surface area contributed by atoms with Gasteiger partial charge >= 0.3 is 0 Å². The summed E-state index contributed by atoms with van der Waals surface area (Å²) in [5.41, 5.74) is 9.57. The van der Waals surface area contributed by atoms with Crippen molar-refractivity contribution in [3.63, 3.8) is 0 Å². The Bertz CT molecular complexity index is 525. The van der Waals surface area contributed by atoms with E-state index in [9.17, 15) is 0 Å². The molecule has 2 rings (SSSR count). The van der Waals surface area contributed by atoms with Crippen molar-refractivity contribution in [2.75, 3.05) is 19.7 Å². The van der Waals surface area contributed by atoms with Gasteiger partial charge in [-0.25, -0.2) is 4.99 Å². The van der Waals surface area contributed by atoms with Crippen LogP contribution in [0.5, 0.6) is 0 Å². The molecular weight excluding hydrogens is 274 g/mol. The monoisotopic (exact) mass is 301 g/mol. The van der Waals surface area contributed by atoms with E-state index in [2.05, 4.69) is 41.2 Å². The summed E-state index contributed by atoms with van der Waals surface area (Å²) in [6, 6.07) is 8.61. The number of nitrogens with two attached hydrogens (primary N) is 1. The Morgan fingerprint density at radius 3 is 3.09 bits per heavy atom. The molecule has 22 heavy (non-hydrogen) atoms. The largest absolute Gasteiger partial charge is 0.373 e. The van der Waals surface area contributed by atoms with Gasteiger partial charge in [-0.1, -0.05) is 36.4 Å². The predicted molar refractivity (Wildman–Crippen MR) is 92.0 cm³/mol. The van der Waals surface area contributed by atoms with E-state index in [0.717, 1.165) is 31.6 Å². The van der Waals surface area contributed by atoms with Crippen LogP contribution >= 0.6 is 0 Å². The standard InChI is InChI=1S/C18H27N3O/c1-14(2)13-21-18(19)20-11-6-12-22-17-10-5-8-15-7-3-4-9-16(15)17/h3-4,7,9,17H,1,5-6,8,10-13H2,2H3,(H3,19,20,21). The summed E-state index contributed by atoms with van der Waals surface area (Å²) >= 11 is 0. The number of hydrogen-bond acceptors (Lipinski definition) is 2. The lowest BCUT2D eigenvalue weighted by Crippen LogP contribution is -2.33. The third kappa shape index (κ3) is 5.19. The summed E-state index contributed by atoms with van der Waals surface area (Å²) in [6.07, 6.45) is 4.67. The van der Waals surface area contributed by atoms with Crippen molar-refractivity contribution in [3.8, 4) is 0 Å². The van der Waals surface area contributed by atoms with Gasteiger partial charge in [0.05, 0.1) is 12.6 Å². The van der Waals surface area contributed by atoms with Crippen LogP contribution in [-0.2, 0) is 11.2 Å². The van der Waals surface area contributed by atoms with Crippen LogP contribution in [0.25, 0.3) is 0 Å². The van der Waals surface area contributed by atoms with E-state index in [1.165, 1.54) is 24.0 Å². The van der Waals surface area contributed by atoms with Crippen molar-refractivity contribution in [1.82, 2.24) is 5.32 Å². The highest BCUT2D eigenvalue weighted by Gasteiger charge is 2.19. The molecule has 3 N–H and O–H groups in total. The molecule has 0 aliphatic heterocycles. The maximum Gasteiger partial charge on any atom is 0.188 e. The van der Waals surface area contributed by atoms with Crippen molar-refractivity contribution < 1.29 is 4.74 Å². The molecule has 0 aromatic heterocycles. The number of aliphatic imine (C=N–C) groups is 1. The number of nitrogens with zero attached hydrogens (tertiary/aromatic N) is 1. The maximum absolute atomic E-state index is 6.05. The number of guanidine groups is 1. The molecule has 1 atom stereocenters. The minimum Gasteiger partial charge on any atom is -0.373 e. The topological polar surface area (TPSA) is 59.6 Å². The molecule has 0 heterocycles. The van der Waals surface area contributed by atoms with Crippen molar-refractivity contribution in [1.29, 1.82) is 0 Å². The summed E-state index contributed by atoms with van der Waals surface area (Å²) in [6.45, 7) is 7.82. The zero-order chi connectivity index (χ0) is 15.8. The molecule has 1 aromatic rings. The lowest BCUT2D eigenvalue weighted by Gasteiger charge is -2.25. The smallest absolute Gasteiger partial charge is 0.188 e. The maximum atomic E-state index is 6.05. The Kier molecular flexibility index (Phi) is 6.46. The van der Waals surface area contributed by atoms with Crippen LogP contribution in [0, 0.1) is 0 Å². The highest BCUT2D eigenvalue weighted by molar-refractivity contribution is 5.77. The summed E-state index contributed by atoms with van der Waals surface area (Å²) < 4.78 is 6.05. The van der Waals surface area contributed by atoms with Crippen LogP contribution in [-0.4, -0.2) is 25.7 Å². The Morgan fingerprint density at radius 2 is 2.27 bits per heavy atom. The predicted octanol–water partition coefficient (Wildman–Crippen LogP) is 2.95. The van der Waals surface area contributed by atoms with Crippen molar-refractivity contribution >= 4 is 5.96 Å². The first kappa shape index (κ1) is 16.6. The molecule has 0 saturated carbocycles. The second-order valence-corrected chi connectivity index (χ2v) is 5.89. The number of ether oxygens (including phenoxy) is 1. The van der Waals surface area contributed by atoms with Crippen molar-refractivity contribution in [3.05, 3.63) is 47.5 Å². The highest BCUT2D eigenvalue weighted by atomic mass is 16.5. The van der Waals surface area contributed by atoms with Gasteiger partial charge in [-0.15, -0.1) is 0 Å². The normalized spacial score (nSPS) is 17.9. The number of aryl methyl sites for hydroxylation is 1. The van der Waals surface area contributed by atoms with Gasteiger partial charge in [-0.05, 0) is 43.7 Å². The van der Waals surface area contributed by atoms with Gasteiger partial charge < -0.3 is 15.8 Å². The van der Waals surface area contributed by atoms with Gasteiger partial charge in [0.1, 0.15) is 0 Å². The van der Waals surface area contributed by atoms with Gasteiger partial charge in [-0.2, -0.15) is 0 Å². The third-order valence-corrected chi connectivity index (χ3v) is 3.78. The molecule has 4 nitrogen and oxygen atoms in total.